The summed E-state index contributed by atoms with van der Waals surface area (Å²) in [6.07, 6.45) is 2.02. The fraction of sp³-hybridized carbons (Fsp3) is 0.519. The number of ether oxygens (including phenoxy) is 1. The van der Waals surface area contributed by atoms with Crippen molar-refractivity contribution in [1.82, 2.24) is 38.7 Å². The van der Waals surface area contributed by atoms with Gasteiger partial charge in [-0.05, 0) is 36.2 Å². The SMILES string of the molecule is CCCOc1ccc(S(=O)(=O)N2CCN(CCO)CC2)cc1-c1nc2c(CCC)n(-c3noc(C)n3)nc2c(=O)n1C. The number of nitrogens with zero attached hydrogens (tertiary/aromatic N) is 8. The van der Waals surface area contributed by atoms with E-state index in [0.717, 1.165) is 12.8 Å². The summed E-state index contributed by atoms with van der Waals surface area (Å²) >= 11 is 0. The molecule has 0 spiro atoms. The van der Waals surface area contributed by atoms with Crippen LogP contribution in [0.5, 0.6) is 5.75 Å². The largest absolute Gasteiger partial charge is 0.493 e. The highest BCUT2D eigenvalue weighted by Gasteiger charge is 2.30. The second-order valence-corrected chi connectivity index (χ2v) is 12.1. The molecular formula is C27H36N8O6S. The van der Waals surface area contributed by atoms with Gasteiger partial charge in [-0.2, -0.15) is 19.1 Å². The minimum atomic E-state index is -3.85. The number of benzene rings is 1. The first-order valence-corrected chi connectivity index (χ1v) is 15.5. The maximum absolute atomic E-state index is 13.7. The van der Waals surface area contributed by atoms with E-state index in [0.29, 0.717) is 74.2 Å². The van der Waals surface area contributed by atoms with E-state index in [2.05, 4.69) is 15.2 Å². The van der Waals surface area contributed by atoms with Crippen molar-refractivity contribution in [3.63, 3.8) is 0 Å². The van der Waals surface area contributed by atoms with Crippen LogP contribution in [0.15, 0.2) is 32.4 Å². The van der Waals surface area contributed by atoms with Gasteiger partial charge in [0.1, 0.15) is 17.1 Å². The minimum Gasteiger partial charge on any atom is -0.493 e. The Hall–Kier alpha value is -3.66. The first-order valence-electron chi connectivity index (χ1n) is 14.1. The summed E-state index contributed by atoms with van der Waals surface area (Å²) in [5.74, 6) is 1.24. The molecule has 1 N–H and O–H groups in total. The van der Waals surface area contributed by atoms with Crippen LogP contribution in [0.25, 0.3) is 28.4 Å². The number of hydrogen-bond donors (Lipinski definition) is 1. The van der Waals surface area contributed by atoms with Gasteiger partial charge >= 0.3 is 0 Å². The number of fused-ring (bicyclic) bond motifs is 1. The summed E-state index contributed by atoms with van der Waals surface area (Å²) in [5, 5.41) is 17.7. The molecule has 4 aromatic rings. The second-order valence-electron chi connectivity index (χ2n) is 10.2. The van der Waals surface area contributed by atoms with Crippen LogP contribution in [0.2, 0.25) is 0 Å². The lowest BCUT2D eigenvalue weighted by atomic mass is 10.1. The Morgan fingerprint density at radius 3 is 2.48 bits per heavy atom. The van der Waals surface area contributed by atoms with Crippen LogP contribution in [0, 0.1) is 6.92 Å². The molecule has 1 aliphatic rings. The monoisotopic (exact) mass is 600 g/mol. The molecule has 226 valence electrons. The van der Waals surface area contributed by atoms with E-state index in [4.69, 9.17) is 14.2 Å². The maximum atomic E-state index is 13.7. The zero-order chi connectivity index (χ0) is 30.0. The Balaban J connectivity index is 1.65. The molecule has 0 bridgehead atoms. The molecule has 15 heteroatoms. The molecule has 0 amide bonds. The smallest absolute Gasteiger partial charge is 0.291 e. The van der Waals surface area contributed by atoms with Crippen molar-refractivity contribution in [2.75, 3.05) is 45.9 Å². The molecule has 1 aromatic carbocycles. The van der Waals surface area contributed by atoms with Crippen LogP contribution >= 0.6 is 0 Å². The van der Waals surface area contributed by atoms with Crippen LogP contribution in [-0.4, -0.2) is 98.1 Å². The van der Waals surface area contributed by atoms with Crippen LogP contribution in [-0.2, 0) is 23.5 Å². The summed E-state index contributed by atoms with van der Waals surface area (Å²) < 4.78 is 42.9. The number of aliphatic hydroxyl groups excluding tert-OH is 1. The van der Waals surface area contributed by atoms with E-state index < -0.39 is 15.6 Å². The third-order valence-corrected chi connectivity index (χ3v) is 9.12. The number of hydrogen-bond acceptors (Lipinski definition) is 11. The predicted octanol–water partition coefficient (Wildman–Crippen LogP) is 1.52. The second kappa shape index (κ2) is 12.3. The predicted molar refractivity (Wildman–Crippen MR) is 154 cm³/mol. The quantitative estimate of drug-likeness (QED) is 0.266. The lowest BCUT2D eigenvalue weighted by Crippen LogP contribution is -2.49. The fourth-order valence-corrected chi connectivity index (χ4v) is 6.50. The molecule has 42 heavy (non-hydrogen) atoms. The maximum Gasteiger partial charge on any atom is 0.291 e. The lowest BCUT2D eigenvalue weighted by Gasteiger charge is -2.33. The van der Waals surface area contributed by atoms with Crippen molar-refractivity contribution < 1.29 is 22.8 Å². The number of aliphatic hydroxyl groups is 1. The third-order valence-electron chi connectivity index (χ3n) is 7.23. The number of piperazine rings is 1. The molecule has 4 heterocycles. The van der Waals surface area contributed by atoms with E-state index in [1.54, 1.807) is 20.0 Å². The number of aromatic nitrogens is 6. The molecule has 0 atom stereocenters. The highest BCUT2D eigenvalue weighted by atomic mass is 32.2. The van der Waals surface area contributed by atoms with E-state index >= 15 is 0 Å². The molecule has 1 fully saturated rings. The molecule has 5 rings (SSSR count). The molecule has 0 saturated carbocycles. The average molecular weight is 601 g/mol. The minimum absolute atomic E-state index is 0.0268. The van der Waals surface area contributed by atoms with E-state index in [-0.39, 0.29) is 28.8 Å². The van der Waals surface area contributed by atoms with Crippen molar-refractivity contribution in [3.05, 3.63) is 40.1 Å². The number of aryl methyl sites for hydroxylation is 2. The van der Waals surface area contributed by atoms with Crippen LogP contribution in [0.4, 0.5) is 0 Å². The van der Waals surface area contributed by atoms with Gasteiger partial charge in [-0.1, -0.05) is 20.3 Å². The molecule has 14 nitrogen and oxygen atoms in total. The summed E-state index contributed by atoms with van der Waals surface area (Å²) in [5.41, 5.74) is 1.16. The Morgan fingerprint density at radius 1 is 1.07 bits per heavy atom. The van der Waals surface area contributed by atoms with Crippen molar-refractivity contribution in [3.8, 4) is 23.1 Å². The zero-order valence-electron chi connectivity index (χ0n) is 24.3. The van der Waals surface area contributed by atoms with Gasteiger partial charge in [0, 0.05) is 46.7 Å². The molecule has 0 aliphatic carbocycles. The van der Waals surface area contributed by atoms with E-state index in [1.165, 1.54) is 25.7 Å². The number of β-amino-alcohol motifs (C(OH)–C–C–N with tert-alkyl or cyclic N) is 1. The molecule has 1 saturated heterocycles. The Morgan fingerprint density at radius 2 is 1.83 bits per heavy atom. The molecule has 0 radical (unpaired) electrons. The van der Waals surface area contributed by atoms with Gasteiger partial charge in [0.15, 0.2) is 5.52 Å². The van der Waals surface area contributed by atoms with Gasteiger partial charge in [0.2, 0.25) is 15.9 Å². The third kappa shape index (κ3) is 5.56. The van der Waals surface area contributed by atoms with Crippen molar-refractivity contribution in [1.29, 1.82) is 0 Å². The van der Waals surface area contributed by atoms with Crippen molar-refractivity contribution in [2.45, 2.75) is 44.9 Å². The summed E-state index contributed by atoms with van der Waals surface area (Å²) in [6.45, 7) is 8.25. The molecule has 1 aliphatic heterocycles. The van der Waals surface area contributed by atoms with Gasteiger partial charge in [0.25, 0.3) is 11.5 Å². The van der Waals surface area contributed by atoms with Crippen LogP contribution in [0.3, 0.4) is 0 Å². The topological polar surface area (TPSA) is 162 Å². The Bertz CT molecular complexity index is 1740. The molecule has 0 unspecified atom stereocenters. The standard InChI is InChI=1S/C27H36N8O6S/c1-5-7-21-23-24(30-35(21)27-28-18(3)41-31-27)26(37)32(4)25(29-23)20-17-19(8-9-22(20)40-16-6-2)42(38,39)34-12-10-33(11-13-34)14-15-36/h8-9,17,36H,5-7,10-16H2,1-4H3. The van der Waals surface area contributed by atoms with Gasteiger partial charge in [-0.15, -0.1) is 0 Å². The average Bonchev–Trinajstić information content (AvgIpc) is 3.58. The Kier molecular flexibility index (Phi) is 8.73. The van der Waals surface area contributed by atoms with Gasteiger partial charge in [0.05, 0.1) is 29.4 Å². The van der Waals surface area contributed by atoms with E-state index in [1.807, 2.05) is 18.7 Å². The number of sulfonamides is 1. The lowest BCUT2D eigenvalue weighted by molar-refractivity contribution is 0.151. The summed E-state index contributed by atoms with van der Waals surface area (Å²) in [4.78, 5) is 24.9. The summed E-state index contributed by atoms with van der Waals surface area (Å²) in [6, 6.07) is 4.68. The summed E-state index contributed by atoms with van der Waals surface area (Å²) in [7, 11) is -2.27. The highest BCUT2D eigenvalue weighted by molar-refractivity contribution is 7.89. The van der Waals surface area contributed by atoms with Crippen molar-refractivity contribution in [2.24, 2.45) is 7.05 Å². The van der Waals surface area contributed by atoms with Gasteiger partial charge in [-0.3, -0.25) is 14.3 Å². The van der Waals surface area contributed by atoms with E-state index in [9.17, 15) is 18.3 Å². The molecule has 3 aromatic heterocycles. The first-order chi connectivity index (χ1) is 20.2. The van der Waals surface area contributed by atoms with Crippen LogP contribution in [0.1, 0.15) is 38.3 Å². The number of rotatable bonds is 11. The highest BCUT2D eigenvalue weighted by Crippen LogP contribution is 2.33. The fourth-order valence-electron chi connectivity index (χ4n) is 5.05. The van der Waals surface area contributed by atoms with Crippen LogP contribution < -0.4 is 10.3 Å². The van der Waals surface area contributed by atoms with Gasteiger partial charge < -0.3 is 14.4 Å². The molecular weight excluding hydrogens is 564 g/mol. The van der Waals surface area contributed by atoms with Gasteiger partial charge in [-0.25, -0.2) is 13.4 Å². The normalized spacial score (nSPS) is 15.1. The zero-order valence-corrected chi connectivity index (χ0v) is 25.1. The first kappa shape index (κ1) is 29.8. The Labute approximate surface area is 243 Å². The van der Waals surface area contributed by atoms with Crippen molar-refractivity contribution >= 4 is 21.1 Å².